The van der Waals surface area contributed by atoms with Crippen LogP contribution in [0.5, 0.6) is 0 Å². The summed E-state index contributed by atoms with van der Waals surface area (Å²) >= 11 is 0. The molecule has 0 aromatic heterocycles. The van der Waals surface area contributed by atoms with Crippen LogP contribution in [0.3, 0.4) is 0 Å². The number of halogens is 3. The molecule has 1 unspecified atom stereocenters. The molecule has 1 aromatic carbocycles. The molecule has 0 aliphatic carbocycles. The van der Waals surface area contributed by atoms with Gasteiger partial charge in [0.2, 0.25) is 0 Å². The summed E-state index contributed by atoms with van der Waals surface area (Å²) in [7, 11) is 0. The Kier molecular flexibility index (Phi) is 14.2. The second-order valence-corrected chi connectivity index (χ2v) is 6.62. The number of nitrogens with one attached hydrogen (secondary N) is 1. The first-order chi connectivity index (χ1) is 11.0. The third kappa shape index (κ3) is 8.31. The number of likely N-dealkylation sites (N-methyl/N-ethyl adjacent to an activating group) is 1. The number of anilines is 1. The van der Waals surface area contributed by atoms with Crippen LogP contribution < -0.4 is 11.1 Å². The zero-order valence-corrected chi connectivity index (χ0v) is 18.3. The Hall–Kier alpha value is -0.720. The fourth-order valence-electron chi connectivity index (χ4n) is 3.04. The summed E-state index contributed by atoms with van der Waals surface area (Å²) in [6.07, 6.45) is 0. The molecule has 0 radical (unpaired) electrons. The van der Waals surface area contributed by atoms with E-state index in [-0.39, 0.29) is 43.1 Å². The molecule has 0 bridgehead atoms. The standard InChI is InChI=1S/C18H30N4O.3ClH/c1-4-21-7-9-22(10-8-21)13-14(2)12-20-18(23)17-11-16(19)6-5-15(17)3;;;/h5-6,11,14H,4,7-10,12-13,19H2,1-3H3,(H,20,23);3*1H. The number of rotatable bonds is 6. The van der Waals surface area contributed by atoms with Crippen molar-refractivity contribution in [3.8, 4) is 0 Å². The molecule has 1 saturated heterocycles. The minimum Gasteiger partial charge on any atom is -0.399 e. The zero-order valence-electron chi connectivity index (χ0n) is 15.9. The second kappa shape index (κ2) is 13.4. The predicted molar refractivity (Wildman–Crippen MR) is 117 cm³/mol. The summed E-state index contributed by atoms with van der Waals surface area (Å²) in [5.41, 5.74) is 8.04. The van der Waals surface area contributed by atoms with Crippen molar-refractivity contribution in [2.45, 2.75) is 20.8 Å². The molecule has 1 aromatic rings. The smallest absolute Gasteiger partial charge is 0.251 e. The third-order valence-electron chi connectivity index (χ3n) is 4.60. The van der Waals surface area contributed by atoms with Gasteiger partial charge in [-0.15, -0.1) is 37.2 Å². The average Bonchev–Trinajstić information content (AvgIpc) is 2.55. The van der Waals surface area contributed by atoms with Crippen LogP contribution in [0.15, 0.2) is 18.2 Å². The minimum absolute atomic E-state index is 0. The largest absolute Gasteiger partial charge is 0.399 e. The lowest BCUT2D eigenvalue weighted by atomic mass is 10.1. The Bertz CT molecular complexity index is 537. The molecule has 1 aliphatic heterocycles. The molecule has 26 heavy (non-hydrogen) atoms. The molecule has 1 fully saturated rings. The molecule has 1 heterocycles. The molecule has 1 atom stereocenters. The lowest BCUT2D eigenvalue weighted by molar-refractivity contribution is 0.0933. The van der Waals surface area contributed by atoms with E-state index in [9.17, 15) is 4.79 Å². The Labute approximate surface area is 176 Å². The number of aryl methyl sites for hydroxylation is 1. The molecule has 8 heteroatoms. The highest BCUT2D eigenvalue weighted by Crippen LogP contribution is 2.12. The number of amides is 1. The maximum Gasteiger partial charge on any atom is 0.251 e. The van der Waals surface area contributed by atoms with Gasteiger partial charge in [0.1, 0.15) is 0 Å². The van der Waals surface area contributed by atoms with Crippen molar-refractivity contribution in [1.82, 2.24) is 15.1 Å². The number of hydrogen-bond donors (Lipinski definition) is 2. The fourth-order valence-corrected chi connectivity index (χ4v) is 3.04. The highest BCUT2D eigenvalue weighted by atomic mass is 35.5. The van der Waals surface area contributed by atoms with Crippen molar-refractivity contribution in [1.29, 1.82) is 0 Å². The Morgan fingerprint density at radius 2 is 1.73 bits per heavy atom. The number of benzene rings is 1. The van der Waals surface area contributed by atoms with E-state index in [1.807, 2.05) is 19.1 Å². The summed E-state index contributed by atoms with van der Waals surface area (Å²) in [6.45, 7) is 13.8. The summed E-state index contributed by atoms with van der Waals surface area (Å²) in [5.74, 6) is 0.408. The van der Waals surface area contributed by atoms with Crippen LogP contribution >= 0.6 is 37.2 Å². The molecule has 5 nitrogen and oxygen atoms in total. The van der Waals surface area contributed by atoms with E-state index < -0.39 is 0 Å². The van der Waals surface area contributed by atoms with Crippen LogP contribution in [-0.4, -0.2) is 61.5 Å². The van der Waals surface area contributed by atoms with Gasteiger partial charge in [-0.05, 0) is 37.1 Å². The van der Waals surface area contributed by atoms with Crippen LogP contribution in [0.25, 0.3) is 0 Å². The molecule has 2 rings (SSSR count). The van der Waals surface area contributed by atoms with Crippen LogP contribution in [0.1, 0.15) is 29.8 Å². The Morgan fingerprint density at radius 3 is 2.31 bits per heavy atom. The van der Waals surface area contributed by atoms with Crippen molar-refractivity contribution in [2.24, 2.45) is 5.92 Å². The molecule has 0 saturated carbocycles. The van der Waals surface area contributed by atoms with Gasteiger partial charge >= 0.3 is 0 Å². The van der Waals surface area contributed by atoms with E-state index >= 15 is 0 Å². The molecule has 1 amide bonds. The van der Waals surface area contributed by atoms with Gasteiger partial charge in [-0.25, -0.2) is 0 Å². The lowest BCUT2D eigenvalue weighted by Crippen LogP contribution is -2.48. The van der Waals surface area contributed by atoms with Crippen molar-refractivity contribution in [2.75, 3.05) is 51.5 Å². The molecule has 3 N–H and O–H groups in total. The first-order valence-corrected chi connectivity index (χ1v) is 8.58. The van der Waals surface area contributed by atoms with E-state index in [4.69, 9.17) is 5.73 Å². The van der Waals surface area contributed by atoms with Gasteiger partial charge in [0.05, 0.1) is 0 Å². The summed E-state index contributed by atoms with van der Waals surface area (Å²) in [6, 6.07) is 5.46. The Balaban J connectivity index is 0. The van der Waals surface area contributed by atoms with Crippen molar-refractivity contribution < 1.29 is 4.79 Å². The molecular formula is C18H33Cl3N4O. The number of carbonyl (C=O) groups is 1. The van der Waals surface area contributed by atoms with E-state index in [2.05, 4.69) is 29.0 Å². The van der Waals surface area contributed by atoms with Crippen LogP contribution in [0.2, 0.25) is 0 Å². The Morgan fingerprint density at radius 1 is 1.15 bits per heavy atom. The van der Waals surface area contributed by atoms with Crippen molar-refractivity contribution >= 4 is 48.8 Å². The van der Waals surface area contributed by atoms with E-state index in [0.717, 1.165) is 44.8 Å². The van der Waals surface area contributed by atoms with E-state index in [1.54, 1.807) is 6.07 Å². The lowest BCUT2D eigenvalue weighted by Gasteiger charge is -2.35. The highest BCUT2D eigenvalue weighted by Gasteiger charge is 2.18. The molecule has 152 valence electrons. The number of carbonyl (C=O) groups excluding carboxylic acids is 1. The van der Waals surface area contributed by atoms with Gasteiger partial charge in [-0.1, -0.05) is 19.9 Å². The monoisotopic (exact) mass is 426 g/mol. The number of nitrogens with zero attached hydrogens (tertiary/aromatic N) is 2. The summed E-state index contributed by atoms with van der Waals surface area (Å²) < 4.78 is 0. The molecule has 1 aliphatic rings. The highest BCUT2D eigenvalue weighted by molar-refractivity contribution is 5.96. The normalized spacial score (nSPS) is 15.8. The maximum atomic E-state index is 12.3. The fraction of sp³-hybridized carbons (Fsp3) is 0.611. The van der Waals surface area contributed by atoms with Gasteiger partial charge < -0.3 is 20.9 Å². The number of nitrogen functional groups attached to an aromatic ring is 1. The second-order valence-electron chi connectivity index (χ2n) is 6.62. The van der Waals surface area contributed by atoms with Gasteiger partial charge in [-0.3, -0.25) is 4.79 Å². The maximum absolute atomic E-state index is 12.3. The van der Waals surface area contributed by atoms with Gasteiger partial charge in [-0.2, -0.15) is 0 Å². The van der Waals surface area contributed by atoms with Crippen molar-refractivity contribution in [3.05, 3.63) is 29.3 Å². The van der Waals surface area contributed by atoms with Gasteiger partial charge in [0.15, 0.2) is 0 Å². The van der Waals surface area contributed by atoms with Crippen molar-refractivity contribution in [3.63, 3.8) is 0 Å². The van der Waals surface area contributed by atoms with Gasteiger partial charge in [0, 0.05) is 50.5 Å². The van der Waals surface area contributed by atoms with Gasteiger partial charge in [0.25, 0.3) is 5.91 Å². The zero-order chi connectivity index (χ0) is 16.8. The number of piperazine rings is 1. The number of hydrogen-bond acceptors (Lipinski definition) is 4. The van der Waals surface area contributed by atoms with E-state index in [0.29, 0.717) is 23.7 Å². The third-order valence-corrected chi connectivity index (χ3v) is 4.60. The van der Waals surface area contributed by atoms with E-state index in [1.165, 1.54) is 0 Å². The summed E-state index contributed by atoms with van der Waals surface area (Å²) in [4.78, 5) is 17.3. The molecule has 0 spiro atoms. The average molecular weight is 428 g/mol. The predicted octanol–water partition coefficient (Wildman–Crippen LogP) is 2.85. The topological polar surface area (TPSA) is 61.6 Å². The first kappa shape index (κ1) is 27.5. The minimum atomic E-state index is -0.0301. The molecular weight excluding hydrogens is 395 g/mol. The summed E-state index contributed by atoms with van der Waals surface area (Å²) in [5, 5.41) is 3.04. The van der Waals surface area contributed by atoms with Crippen LogP contribution in [-0.2, 0) is 0 Å². The number of nitrogens with two attached hydrogens (primary N) is 1. The first-order valence-electron chi connectivity index (χ1n) is 8.58. The quantitative estimate of drug-likeness (QED) is 0.685. The van der Waals surface area contributed by atoms with Crippen LogP contribution in [0.4, 0.5) is 5.69 Å². The SMILES string of the molecule is CCN1CCN(CC(C)CNC(=O)c2cc(N)ccc2C)CC1.Cl.Cl.Cl. The van der Waals surface area contributed by atoms with Crippen LogP contribution in [0, 0.1) is 12.8 Å².